The van der Waals surface area contributed by atoms with E-state index < -0.39 is 11.9 Å². The second-order valence-corrected chi connectivity index (χ2v) is 8.50. The Labute approximate surface area is 206 Å². The molecule has 3 aromatic rings. The maximum Gasteiger partial charge on any atom is 0.343 e. The Morgan fingerprint density at radius 2 is 1.66 bits per heavy atom. The smallest absolute Gasteiger partial charge is 0.343 e. The van der Waals surface area contributed by atoms with Gasteiger partial charge in [-0.2, -0.15) is 5.10 Å². The second-order valence-electron chi connectivity index (χ2n) is 6.42. The van der Waals surface area contributed by atoms with Crippen molar-refractivity contribution in [2.45, 2.75) is 0 Å². The molecule has 0 fully saturated rings. The lowest BCUT2D eigenvalue weighted by Gasteiger charge is -2.06. The van der Waals surface area contributed by atoms with Gasteiger partial charge in [0.25, 0.3) is 11.8 Å². The van der Waals surface area contributed by atoms with Gasteiger partial charge in [0.15, 0.2) is 0 Å². The first-order chi connectivity index (χ1) is 15.4. The summed E-state index contributed by atoms with van der Waals surface area (Å²) in [5.74, 6) is -0.862. The molecule has 7 nitrogen and oxygen atoms in total. The van der Waals surface area contributed by atoms with E-state index in [1.165, 1.54) is 6.21 Å². The molecular formula is C23H17BrIN3O4. The van der Waals surface area contributed by atoms with Crippen LogP contribution >= 0.6 is 38.5 Å². The number of halogens is 2. The average molecular weight is 606 g/mol. The number of hydrazone groups is 1. The van der Waals surface area contributed by atoms with Crippen molar-refractivity contribution in [3.8, 4) is 5.75 Å². The number of nitrogens with one attached hydrogen (secondary N) is 2. The number of nitrogens with zero attached hydrogens (tertiary/aromatic N) is 1. The molecule has 32 heavy (non-hydrogen) atoms. The molecule has 9 heteroatoms. The summed E-state index contributed by atoms with van der Waals surface area (Å²) in [4.78, 5) is 36.1. The molecule has 0 aliphatic heterocycles. The molecule has 3 rings (SSSR count). The number of hydrogen-bond donors (Lipinski definition) is 2. The molecule has 0 saturated heterocycles. The van der Waals surface area contributed by atoms with E-state index in [1.807, 2.05) is 12.1 Å². The van der Waals surface area contributed by atoms with Crippen LogP contribution in [0.15, 0.2) is 82.4 Å². The van der Waals surface area contributed by atoms with Crippen LogP contribution in [-0.4, -0.2) is 30.5 Å². The van der Waals surface area contributed by atoms with Gasteiger partial charge in [-0.1, -0.05) is 28.1 Å². The van der Waals surface area contributed by atoms with Crippen molar-refractivity contribution in [1.29, 1.82) is 0 Å². The SMILES string of the molecule is O=C(CNC(=O)c1ccccc1I)N/N=C\c1ccc(OC(=O)c2ccc(Br)cc2)cc1. The highest BCUT2D eigenvalue weighted by Crippen LogP contribution is 2.16. The first kappa shape index (κ1) is 23.6. The zero-order chi connectivity index (χ0) is 22.9. The lowest BCUT2D eigenvalue weighted by Crippen LogP contribution is -2.35. The maximum absolute atomic E-state index is 12.1. The number of amides is 2. The van der Waals surface area contributed by atoms with Gasteiger partial charge in [-0.25, -0.2) is 10.2 Å². The van der Waals surface area contributed by atoms with E-state index in [-0.39, 0.29) is 12.5 Å². The van der Waals surface area contributed by atoms with E-state index in [0.29, 0.717) is 22.4 Å². The van der Waals surface area contributed by atoms with Crippen LogP contribution in [0.25, 0.3) is 0 Å². The fourth-order valence-electron chi connectivity index (χ4n) is 2.49. The van der Waals surface area contributed by atoms with Crippen LogP contribution < -0.4 is 15.5 Å². The molecule has 162 valence electrons. The minimum atomic E-state index is -0.460. The molecule has 0 bridgehead atoms. The third-order valence-electron chi connectivity index (χ3n) is 4.10. The Morgan fingerprint density at radius 3 is 2.34 bits per heavy atom. The van der Waals surface area contributed by atoms with Crippen LogP contribution in [0.1, 0.15) is 26.3 Å². The van der Waals surface area contributed by atoms with Crippen molar-refractivity contribution in [1.82, 2.24) is 10.7 Å². The first-order valence-corrected chi connectivity index (χ1v) is 11.2. The maximum atomic E-state index is 12.1. The Balaban J connectivity index is 1.45. The topological polar surface area (TPSA) is 96.9 Å². The van der Waals surface area contributed by atoms with Crippen molar-refractivity contribution in [2.75, 3.05) is 6.54 Å². The molecule has 3 aromatic carbocycles. The van der Waals surface area contributed by atoms with Gasteiger partial charge in [-0.05, 0) is 88.8 Å². The normalized spacial score (nSPS) is 10.6. The predicted molar refractivity (Wildman–Crippen MR) is 133 cm³/mol. The number of carbonyl (C=O) groups excluding carboxylic acids is 3. The molecular weight excluding hydrogens is 589 g/mol. The number of ether oxygens (including phenoxy) is 1. The minimum absolute atomic E-state index is 0.202. The number of carbonyl (C=O) groups is 3. The van der Waals surface area contributed by atoms with Gasteiger partial charge in [0.2, 0.25) is 0 Å². The zero-order valence-electron chi connectivity index (χ0n) is 16.5. The molecule has 0 saturated carbocycles. The third kappa shape index (κ3) is 6.99. The molecule has 0 spiro atoms. The van der Waals surface area contributed by atoms with Gasteiger partial charge in [-0.3, -0.25) is 9.59 Å². The summed E-state index contributed by atoms with van der Waals surface area (Å²) >= 11 is 5.38. The summed E-state index contributed by atoms with van der Waals surface area (Å²) in [5, 5.41) is 6.42. The minimum Gasteiger partial charge on any atom is -0.423 e. The largest absolute Gasteiger partial charge is 0.423 e. The fourth-order valence-corrected chi connectivity index (χ4v) is 3.39. The van der Waals surface area contributed by atoms with Crippen molar-refractivity contribution >= 4 is 62.5 Å². The molecule has 0 heterocycles. The summed E-state index contributed by atoms with van der Waals surface area (Å²) < 4.78 is 7.00. The van der Waals surface area contributed by atoms with Crippen molar-refractivity contribution < 1.29 is 19.1 Å². The Hall–Kier alpha value is -3.05. The highest BCUT2D eigenvalue weighted by Gasteiger charge is 2.10. The molecule has 2 amide bonds. The van der Waals surface area contributed by atoms with E-state index in [4.69, 9.17) is 4.74 Å². The highest BCUT2D eigenvalue weighted by molar-refractivity contribution is 14.1. The van der Waals surface area contributed by atoms with Crippen LogP contribution in [0.2, 0.25) is 0 Å². The van der Waals surface area contributed by atoms with Crippen LogP contribution in [0, 0.1) is 3.57 Å². The monoisotopic (exact) mass is 605 g/mol. The summed E-state index contributed by atoms with van der Waals surface area (Å²) in [7, 11) is 0. The Bertz CT molecular complexity index is 1150. The number of rotatable bonds is 7. The number of hydrogen-bond acceptors (Lipinski definition) is 5. The Kier molecular flexibility index (Phi) is 8.51. The quantitative estimate of drug-likeness (QED) is 0.139. The molecule has 0 atom stereocenters. The molecule has 0 aliphatic carbocycles. The standard InChI is InChI=1S/C23H17BrIN3O4/c24-17-9-7-16(8-10-17)23(31)32-18-11-5-15(6-12-18)13-27-28-21(29)14-26-22(30)19-3-1-2-4-20(19)25/h1-13H,14H2,(H,26,30)(H,28,29)/b27-13-. The van der Waals surface area contributed by atoms with Gasteiger partial charge >= 0.3 is 5.97 Å². The van der Waals surface area contributed by atoms with Crippen LogP contribution in [-0.2, 0) is 4.79 Å². The van der Waals surface area contributed by atoms with Crippen molar-refractivity contribution in [3.63, 3.8) is 0 Å². The molecule has 2 N–H and O–H groups in total. The van der Waals surface area contributed by atoms with Crippen LogP contribution in [0.5, 0.6) is 5.75 Å². The predicted octanol–water partition coefficient (Wildman–Crippen LogP) is 4.15. The van der Waals surface area contributed by atoms with Crippen LogP contribution in [0.4, 0.5) is 0 Å². The third-order valence-corrected chi connectivity index (χ3v) is 5.57. The second kappa shape index (κ2) is 11.5. The van der Waals surface area contributed by atoms with Gasteiger partial charge in [0.1, 0.15) is 5.75 Å². The summed E-state index contributed by atoms with van der Waals surface area (Å²) in [6.07, 6.45) is 1.44. The summed E-state index contributed by atoms with van der Waals surface area (Å²) in [6.45, 7) is -0.202. The zero-order valence-corrected chi connectivity index (χ0v) is 20.3. The fraction of sp³-hybridized carbons (Fsp3) is 0.0435. The number of benzene rings is 3. The van der Waals surface area contributed by atoms with Gasteiger partial charge in [-0.15, -0.1) is 0 Å². The summed E-state index contributed by atoms with van der Waals surface area (Å²) in [5.41, 5.74) is 3.99. The van der Waals surface area contributed by atoms with E-state index in [0.717, 1.165) is 8.04 Å². The van der Waals surface area contributed by atoms with Crippen molar-refractivity contribution in [2.24, 2.45) is 5.10 Å². The lowest BCUT2D eigenvalue weighted by molar-refractivity contribution is -0.120. The van der Waals surface area contributed by atoms with E-state index in [1.54, 1.807) is 60.7 Å². The number of esters is 1. The lowest BCUT2D eigenvalue weighted by atomic mass is 10.2. The molecule has 0 unspecified atom stereocenters. The van der Waals surface area contributed by atoms with Gasteiger partial charge < -0.3 is 10.1 Å². The molecule has 0 aliphatic rings. The Morgan fingerprint density at radius 1 is 0.969 bits per heavy atom. The van der Waals surface area contributed by atoms with Crippen molar-refractivity contribution in [3.05, 3.63) is 97.5 Å². The first-order valence-electron chi connectivity index (χ1n) is 9.35. The molecule has 0 radical (unpaired) electrons. The average Bonchev–Trinajstić information content (AvgIpc) is 2.79. The van der Waals surface area contributed by atoms with E-state index in [9.17, 15) is 14.4 Å². The summed E-state index contributed by atoms with van der Waals surface area (Å²) in [6, 6.07) is 20.6. The molecule has 0 aromatic heterocycles. The van der Waals surface area contributed by atoms with E-state index in [2.05, 4.69) is 54.4 Å². The van der Waals surface area contributed by atoms with Gasteiger partial charge in [0.05, 0.1) is 23.9 Å². The highest BCUT2D eigenvalue weighted by atomic mass is 127. The van der Waals surface area contributed by atoms with Gasteiger partial charge in [0, 0.05) is 8.04 Å². The van der Waals surface area contributed by atoms with Crippen LogP contribution in [0.3, 0.4) is 0 Å². The van der Waals surface area contributed by atoms with E-state index >= 15 is 0 Å².